The number of fused-ring (bicyclic) bond motifs is 1. The molecule has 0 radical (unpaired) electrons. The average Bonchev–Trinajstić information content (AvgIpc) is 2.72. The molecule has 2 aromatic rings. The van der Waals surface area contributed by atoms with Crippen molar-refractivity contribution in [1.82, 2.24) is 5.32 Å². The molecule has 0 saturated carbocycles. The molecule has 1 aliphatic heterocycles. The lowest BCUT2D eigenvalue weighted by Crippen LogP contribution is -2.33. The highest BCUT2D eigenvalue weighted by molar-refractivity contribution is 6.35. The first-order valence-corrected chi connectivity index (χ1v) is 6.51. The number of piperidine rings is 1. The Labute approximate surface area is 118 Å². The number of nitrogens with one attached hydrogen (secondary N) is 1. The van der Waals surface area contributed by atoms with E-state index in [4.69, 9.17) is 16.0 Å². The van der Waals surface area contributed by atoms with Crippen LogP contribution in [0.1, 0.15) is 24.8 Å². The molecule has 4 heteroatoms. The Morgan fingerprint density at radius 2 is 2.22 bits per heavy atom. The van der Waals surface area contributed by atoms with Gasteiger partial charge in [0, 0.05) is 5.39 Å². The van der Waals surface area contributed by atoms with E-state index in [1.54, 1.807) is 6.26 Å². The van der Waals surface area contributed by atoms with Crippen molar-refractivity contribution in [3.05, 3.63) is 35.0 Å². The largest absolute Gasteiger partial charge is 0.462 e. The van der Waals surface area contributed by atoms with Crippen molar-refractivity contribution in [2.24, 2.45) is 5.92 Å². The molecule has 1 aliphatic rings. The van der Waals surface area contributed by atoms with Gasteiger partial charge in [-0.2, -0.15) is 0 Å². The number of furan rings is 1. The van der Waals surface area contributed by atoms with E-state index in [9.17, 15) is 0 Å². The second-order valence-electron chi connectivity index (χ2n) is 4.88. The van der Waals surface area contributed by atoms with Gasteiger partial charge in [0.1, 0.15) is 11.8 Å². The highest BCUT2D eigenvalue weighted by atomic mass is 35.5. The van der Waals surface area contributed by atoms with E-state index in [0.29, 0.717) is 16.9 Å². The van der Waals surface area contributed by atoms with Crippen LogP contribution in [0.3, 0.4) is 0 Å². The minimum absolute atomic E-state index is 0. The number of halogens is 2. The number of hydrogen-bond donors (Lipinski definition) is 1. The van der Waals surface area contributed by atoms with Gasteiger partial charge in [0.15, 0.2) is 0 Å². The second kappa shape index (κ2) is 5.52. The van der Waals surface area contributed by atoms with E-state index in [-0.39, 0.29) is 12.4 Å². The minimum atomic E-state index is 0. The predicted molar refractivity (Wildman–Crippen MR) is 77.9 cm³/mol. The molecule has 3 rings (SSSR count). The lowest BCUT2D eigenvalue weighted by atomic mass is 9.82. The Balaban J connectivity index is 0.00000120. The van der Waals surface area contributed by atoms with Gasteiger partial charge in [-0.1, -0.05) is 30.7 Å². The van der Waals surface area contributed by atoms with Crippen molar-refractivity contribution < 1.29 is 4.42 Å². The number of para-hydroxylation sites is 1. The Morgan fingerprint density at radius 3 is 3.00 bits per heavy atom. The van der Waals surface area contributed by atoms with Gasteiger partial charge in [-0.15, -0.1) is 12.4 Å². The monoisotopic (exact) mass is 285 g/mol. The van der Waals surface area contributed by atoms with Crippen LogP contribution in [0.15, 0.2) is 28.9 Å². The molecule has 0 spiro atoms. The molecule has 0 aliphatic carbocycles. The lowest BCUT2D eigenvalue weighted by Gasteiger charge is -2.29. The molecule has 2 unspecified atom stereocenters. The normalized spacial score (nSPS) is 23.9. The molecular formula is C14H17Cl2NO. The van der Waals surface area contributed by atoms with Gasteiger partial charge in [0.25, 0.3) is 0 Å². The number of rotatable bonds is 1. The SMILES string of the molecule is CC1CNCCC1c1cccc2c(Cl)coc12.Cl. The first-order valence-electron chi connectivity index (χ1n) is 6.13. The van der Waals surface area contributed by atoms with Gasteiger partial charge < -0.3 is 9.73 Å². The summed E-state index contributed by atoms with van der Waals surface area (Å²) < 4.78 is 5.63. The number of hydrogen-bond acceptors (Lipinski definition) is 2. The van der Waals surface area contributed by atoms with Crippen LogP contribution in [0, 0.1) is 5.92 Å². The maximum Gasteiger partial charge on any atom is 0.138 e. The maximum atomic E-state index is 6.11. The zero-order valence-electron chi connectivity index (χ0n) is 10.3. The third kappa shape index (κ3) is 2.25. The summed E-state index contributed by atoms with van der Waals surface area (Å²) in [6.07, 6.45) is 2.81. The molecule has 2 heterocycles. The minimum Gasteiger partial charge on any atom is -0.462 e. The highest BCUT2D eigenvalue weighted by Crippen LogP contribution is 2.37. The fraction of sp³-hybridized carbons (Fsp3) is 0.429. The van der Waals surface area contributed by atoms with Gasteiger partial charge in [0.2, 0.25) is 0 Å². The van der Waals surface area contributed by atoms with Gasteiger partial charge in [-0.3, -0.25) is 0 Å². The summed E-state index contributed by atoms with van der Waals surface area (Å²) in [7, 11) is 0. The topological polar surface area (TPSA) is 25.2 Å². The molecule has 0 amide bonds. The zero-order chi connectivity index (χ0) is 11.8. The Bertz CT molecular complexity index is 538. The maximum absolute atomic E-state index is 6.11. The van der Waals surface area contributed by atoms with Crippen molar-refractivity contribution in [2.45, 2.75) is 19.3 Å². The summed E-state index contributed by atoms with van der Waals surface area (Å²) in [5.41, 5.74) is 2.28. The molecule has 1 saturated heterocycles. The van der Waals surface area contributed by atoms with Crippen LogP contribution in [0.5, 0.6) is 0 Å². The van der Waals surface area contributed by atoms with Crippen molar-refractivity contribution in [3.8, 4) is 0 Å². The van der Waals surface area contributed by atoms with Crippen LogP contribution in [-0.4, -0.2) is 13.1 Å². The smallest absolute Gasteiger partial charge is 0.138 e. The van der Waals surface area contributed by atoms with Gasteiger partial charge in [0.05, 0.1) is 5.02 Å². The Morgan fingerprint density at radius 1 is 1.39 bits per heavy atom. The summed E-state index contributed by atoms with van der Waals surface area (Å²) in [4.78, 5) is 0. The van der Waals surface area contributed by atoms with E-state index >= 15 is 0 Å². The fourth-order valence-electron chi connectivity index (χ4n) is 2.82. The van der Waals surface area contributed by atoms with Crippen molar-refractivity contribution in [1.29, 1.82) is 0 Å². The fourth-order valence-corrected chi connectivity index (χ4v) is 3.01. The second-order valence-corrected chi connectivity index (χ2v) is 5.29. The van der Waals surface area contributed by atoms with E-state index in [1.807, 2.05) is 6.07 Å². The molecule has 2 atom stereocenters. The van der Waals surface area contributed by atoms with Gasteiger partial charge >= 0.3 is 0 Å². The molecule has 2 nitrogen and oxygen atoms in total. The summed E-state index contributed by atoms with van der Waals surface area (Å²) in [5, 5.41) is 5.18. The van der Waals surface area contributed by atoms with E-state index < -0.39 is 0 Å². The van der Waals surface area contributed by atoms with Crippen LogP contribution >= 0.6 is 24.0 Å². The first kappa shape index (κ1) is 13.7. The third-order valence-electron chi connectivity index (χ3n) is 3.77. The summed E-state index contributed by atoms with van der Waals surface area (Å²) in [5.74, 6) is 1.21. The standard InChI is InChI=1S/C14H16ClNO.ClH/c1-9-7-16-6-5-10(9)11-3-2-4-12-13(15)8-17-14(11)12;/h2-4,8-10,16H,5-7H2,1H3;1H. The summed E-state index contributed by atoms with van der Waals surface area (Å²) in [6.45, 7) is 4.45. The van der Waals surface area contributed by atoms with Crippen LogP contribution in [0.4, 0.5) is 0 Å². The molecule has 0 bridgehead atoms. The van der Waals surface area contributed by atoms with Crippen molar-refractivity contribution >= 4 is 35.0 Å². The lowest BCUT2D eigenvalue weighted by molar-refractivity contribution is 0.349. The Hall–Kier alpha value is -0.700. The van der Waals surface area contributed by atoms with Crippen LogP contribution in [0.25, 0.3) is 11.0 Å². The van der Waals surface area contributed by atoms with Crippen molar-refractivity contribution in [3.63, 3.8) is 0 Å². The van der Waals surface area contributed by atoms with Gasteiger partial charge in [-0.25, -0.2) is 0 Å². The third-order valence-corrected chi connectivity index (χ3v) is 4.06. The van der Waals surface area contributed by atoms with Crippen LogP contribution in [0.2, 0.25) is 5.02 Å². The Kier molecular flexibility index (Phi) is 4.21. The van der Waals surface area contributed by atoms with Crippen molar-refractivity contribution in [2.75, 3.05) is 13.1 Å². The summed E-state index contributed by atoms with van der Waals surface area (Å²) >= 11 is 6.11. The summed E-state index contributed by atoms with van der Waals surface area (Å²) in [6, 6.07) is 6.28. The quantitative estimate of drug-likeness (QED) is 0.849. The van der Waals surface area contributed by atoms with E-state index in [0.717, 1.165) is 24.1 Å². The van der Waals surface area contributed by atoms with Gasteiger partial charge in [-0.05, 0) is 43.0 Å². The van der Waals surface area contributed by atoms with E-state index in [1.165, 1.54) is 12.0 Å². The molecule has 1 aromatic heterocycles. The molecule has 18 heavy (non-hydrogen) atoms. The zero-order valence-corrected chi connectivity index (χ0v) is 11.9. The molecule has 98 valence electrons. The average molecular weight is 286 g/mol. The molecule has 1 N–H and O–H groups in total. The number of benzene rings is 1. The van der Waals surface area contributed by atoms with E-state index in [2.05, 4.69) is 24.4 Å². The first-order chi connectivity index (χ1) is 8.27. The molecule has 1 aromatic carbocycles. The predicted octanol–water partition coefficient (Wildman–Crippen LogP) is 4.22. The highest BCUT2D eigenvalue weighted by Gasteiger charge is 2.25. The molecule has 1 fully saturated rings. The van der Waals surface area contributed by atoms with Crippen LogP contribution in [-0.2, 0) is 0 Å². The van der Waals surface area contributed by atoms with Crippen LogP contribution < -0.4 is 5.32 Å². The molecular weight excluding hydrogens is 269 g/mol.